The summed E-state index contributed by atoms with van der Waals surface area (Å²) in [6, 6.07) is 3.46. The highest BCUT2D eigenvalue weighted by atomic mass is 19.1. The van der Waals surface area contributed by atoms with Crippen molar-refractivity contribution in [2.45, 2.75) is 25.8 Å². The first-order valence-corrected chi connectivity index (χ1v) is 6.51. The highest BCUT2D eigenvalue weighted by Gasteiger charge is 2.24. The van der Waals surface area contributed by atoms with Crippen molar-refractivity contribution in [3.05, 3.63) is 39.7 Å². The Balaban J connectivity index is 2.28. The quantitative estimate of drug-likeness (QED) is 0.830. The lowest BCUT2D eigenvalue weighted by molar-refractivity contribution is 0.423. The lowest BCUT2D eigenvalue weighted by Gasteiger charge is -2.11. The van der Waals surface area contributed by atoms with Gasteiger partial charge in [-0.3, -0.25) is 4.57 Å². The van der Waals surface area contributed by atoms with Gasteiger partial charge in [-0.15, -0.1) is 0 Å². The minimum absolute atomic E-state index is 0.229. The summed E-state index contributed by atoms with van der Waals surface area (Å²) in [5, 5.41) is 28.6. The summed E-state index contributed by atoms with van der Waals surface area (Å²) in [5.41, 5.74) is -0.580. The van der Waals surface area contributed by atoms with Crippen LogP contribution in [-0.4, -0.2) is 19.3 Å². The second-order valence-corrected chi connectivity index (χ2v) is 4.93. The maximum absolute atomic E-state index is 14.1. The molecule has 2 heterocycles. The zero-order valence-corrected chi connectivity index (χ0v) is 11.0. The van der Waals surface area contributed by atoms with Gasteiger partial charge in [0.2, 0.25) is 5.88 Å². The van der Waals surface area contributed by atoms with Crippen molar-refractivity contribution in [2.75, 3.05) is 0 Å². The fraction of sp³-hybridized carbons (Fsp3) is 0.286. The molecule has 0 aliphatic carbocycles. The molecular weight excluding hydrogens is 277 g/mol. The van der Waals surface area contributed by atoms with Gasteiger partial charge in [-0.1, -0.05) is 0 Å². The summed E-state index contributed by atoms with van der Waals surface area (Å²) in [6.07, 6.45) is 2.20. The Kier molecular flexibility index (Phi) is 2.94. The van der Waals surface area contributed by atoms with E-state index in [9.17, 15) is 19.4 Å². The van der Waals surface area contributed by atoms with Crippen LogP contribution in [0, 0.1) is 17.1 Å². The van der Waals surface area contributed by atoms with Gasteiger partial charge in [0, 0.05) is 12.6 Å². The van der Waals surface area contributed by atoms with E-state index in [-0.39, 0.29) is 17.1 Å². The van der Waals surface area contributed by atoms with Crippen molar-refractivity contribution < 1.29 is 14.6 Å². The van der Waals surface area contributed by atoms with Crippen molar-refractivity contribution in [1.82, 2.24) is 9.13 Å². The van der Waals surface area contributed by atoms with Gasteiger partial charge in [0.1, 0.15) is 17.6 Å². The molecule has 0 amide bonds. The molecule has 0 saturated carbocycles. The van der Waals surface area contributed by atoms with Crippen LogP contribution in [-0.2, 0) is 13.0 Å². The topological polar surface area (TPSA) is 91.2 Å². The molecule has 1 aromatic heterocycles. The molecule has 0 spiro atoms. The first-order valence-electron chi connectivity index (χ1n) is 6.51. The van der Waals surface area contributed by atoms with Crippen LogP contribution >= 0.6 is 0 Å². The monoisotopic (exact) mass is 289 g/mol. The lowest BCUT2D eigenvalue weighted by atomic mass is 10.1. The number of aromatic hydroxyl groups is 2. The van der Waals surface area contributed by atoms with E-state index in [0.29, 0.717) is 18.7 Å². The number of benzene rings is 1. The fourth-order valence-corrected chi connectivity index (χ4v) is 2.65. The molecule has 0 bridgehead atoms. The zero-order valence-electron chi connectivity index (χ0n) is 11.0. The van der Waals surface area contributed by atoms with Crippen LogP contribution in [0.3, 0.4) is 0 Å². The Hall–Kier alpha value is -2.75. The lowest BCUT2D eigenvalue weighted by Crippen LogP contribution is -2.26. The molecule has 2 N–H and O–H groups in total. The van der Waals surface area contributed by atoms with E-state index in [4.69, 9.17) is 5.26 Å². The molecule has 6 nitrogen and oxygen atoms in total. The van der Waals surface area contributed by atoms with Crippen LogP contribution in [0.1, 0.15) is 24.1 Å². The van der Waals surface area contributed by atoms with E-state index in [1.807, 2.05) is 0 Å². The average Bonchev–Trinajstić information content (AvgIpc) is 2.74. The Bertz CT molecular complexity index is 829. The van der Waals surface area contributed by atoms with Gasteiger partial charge in [0.05, 0.1) is 16.9 Å². The van der Waals surface area contributed by atoms with Crippen molar-refractivity contribution in [1.29, 1.82) is 5.26 Å². The van der Waals surface area contributed by atoms with Crippen LogP contribution < -0.4 is 5.69 Å². The van der Waals surface area contributed by atoms with E-state index in [1.54, 1.807) is 6.07 Å². The number of phenolic OH excluding ortho intramolecular Hbond substituents is 1. The zero-order chi connectivity index (χ0) is 15.1. The van der Waals surface area contributed by atoms with Crippen LogP contribution in [0.2, 0.25) is 0 Å². The molecular formula is C14H12FN3O3. The predicted molar refractivity (Wildman–Crippen MR) is 71.0 cm³/mol. The number of rotatable bonds is 1. The van der Waals surface area contributed by atoms with Crippen molar-refractivity contribution in [2.24, 2.45) is 0 Å². The molecule has 0 unspecified atom stereocenters. The Morgan fingerprint density at radius 3 is 2.71 bits per heavy atom. The third kappa shape index (κ3) is 1.88. The molecule has 0 atom stereocenters. The molecule has 0 saturated heterocycles. The summed E-state index contributed by atoms with van der Waals surface area (Å²) in [4.78, 5) is 12.3. The molecule has 21 heavy (non-hydrogen) atoms. The van der Waals surface area contributed by atoms with E-state index < -0.39 is 17.3 Å². The Morgan fingerprint density at radius 2 is 2.05 bits per heavy atom. The normalized spacial score (nSPS) is 13.7. The summed E-state index contributed by atoms with van der Waals surface area (Å²) >= 11 is 0. The maximum Gasteiger partial charge on any atom is 0.336 e. The van der Waals surface area contributed by atoms with Crippen molar-refractivity contribution >= 4 is 0 Å². The van der Waals surface area contributed by atoms with Crippen LogP contribution in [0.25, 0.3) is 5.69 Å². The molecule has 0 radical (unpaired) electrons. The smallest absolute Gasteiger partial charge is 0.336 e. The van der Waals surface area contributed by atoms with Gasteiger partial charge in [-0.2, -0.15) is 5.26 Å². The number of nitrogens with zero attached hydrogens (tertiary/aromatic N) is 3. The highest BCUT2D eigenvalue weighted by Crippen LogP contribution is 2.29. The SMILES string of the molecule is N#Cc1cc(F)c(-n2c(O)c3n(c2=O)CCCC3)cc1O. The highest BCUT2D eigenvalue weighted by molar-refractivity contribution is 5.52. The van der Waals surface area contributed by atoms with Crippen molar-refractivity contribution in [3.8, 4) is 23.4 Å². The minimum atomic E-state index is -0.857. The predicted octanol–water partition coefficient (Wildman–Crippen LogP) is 1.40. The number of aromatic nitrogens is 2. The van der Waals surface area contributed by atoms with Gasteiger partial charge in [-0.05, 0) is 25.3 Å². The fourth-order valence-electron chi connectivity index (χ4n) is 2.65. The summed E-state index contributed by atoms with van der Waals surface area (Å²) in [5.74, 6) is -1.61. The molecule has 1 aliphatic rings. The first-order chi connectivity index (χ1) is 10.0. The molecule has 0 fully saturated rings. The van der Waals surface area contributed by atoms with E-state index in [0.717, 1.165) is 29.5 Å². The second kappa shape index (κ2) is 4.66. The van der Waals surface area contributed by atoms with Gasteiger partial charge in [0.15, 0.2) is 0 Å². The Labute approximate surface area is 118 Å². The number of hydrogen-bond acceptors (Lipinski definition) is 4. The molecule has 3 rings (SSSR count). The Morgan fingerprint density at radius 1 is 1.29 bits per heavy atom. The number of imidazole rings is 1. The molecule has 108 valence electrons. The average molecular weight is 289 g/mol. The van der Waals surface area contributed by atoms with E-state index in [1.165, 1.54) is 4.57 Å². The van der Waals surface area contributed by atoms with Crippen LogP contribution in [0.5, 0.6) is 11.6 Å². The largest absolute Gasteiger partial charge is 0.506 e. The van der Waals surface area contributed by atoms with Gasteiger partial charge in [-0.25, -0.2) is 13.8 Å². The number of fused-ring (bicyclic) bond motifs is 1. The van der Waals surface area contributed by atoms with Crippen LogP contribution in [0.15, 0.2) is 16.9 Å². The summed E-state index contributed by atoms with van der Waals surface area (Å²) < 4.78 is 16.3. The van der Waals surface area contributed by atoms with Gasteiger partial charge >= 0.3 is 5.69 Å². The third-order valence-corrected chi connectivity index (χ3v) is 3.69. The minimum Gasteiger partial charge on any atom is -0.506 e. The molecule has 1 aliphatic heterocycles. The van der Waals surface area contributed by atoms with E-state index >= 15 is 0 Å². The molecule has 2 aromatic rings. The maximum atomic E-state index is 14.1. The van der Waals surface area contributed by atoms with Gasteiger partial charge < -0.3 is 10.2 Å². The summed E-state index contributed by atoms with van der Waals surface area (Å²) in [7, 11) is 0. The number of hydrogen-bond donors (Lipinski definition) is 2. The van der Waals surface area contributed by atoms with Crippen molar-refractivity contribution in [3.63, 3.8) is 0 Å². The molecule has 7 heteroatoms. The third-order valence-electron chi connectivity index (χ3n) is 3.69. The number of nitriles is 1. The van der Waals surface area contributed by atoms with E-state index in [2.05, 4.69) is 0 Å². The molecule has 1 aromatic carbocycles. The standard InChI is InChI=1S/C14H12FN3O3/c15-9-5-8(7-16)12(19)6-11(9)18-13(20)10-3-1-2-4-17(10)14(18)21/h5-6,19-20H,1-4H2. The summed E-state index contributed by atoms with van der Waals surface area (Å²) in [6.45, 7) is 0.471. The number of phenols is 1. The van der Waals surface area contributed by atoms with Crippen LogP contribution in [0.4, 0.5) is 4.39 Å². The first kappa shape index (κ1) is 13.2. The number of halogens is 1. The van der Waals surface area contributed by atoms with Gasteiger partial charge in [0.25, 0.3) is 0 Å². The second-order valence-electron chi connectivity index (χ2n) is 4.93.